The molecule has 0 radical (unpaired) electrons. The van der Waals surface area contributed by atoms with Crippen molar-refractivity contribution in [2.24, 2.45) is 5.92 Å². The van der Waals surface area contributed by atoms with E-state index in [0.29, 0.717) is 17.4 Å². The van der Waals surface area contributed by atoms with Crippen molar-refractivity contribution in [3.63, 3.8) is 0 Å². The van der Waals surface area contributed by atoms with E-state index in [0.717, 1.165) is 19.5 Å². The van der Waals surface area contributed by atoms with E-state index in [2.05, 4.69) is 17.4 Å². The van der Waals surface area contributed by atoms with Crippen molar-refractivity contribution >= 4 is 9.84 Å². The summed E-state index contributed by atoms with van der Waals surface area (Å²) in [5.74, 6) is 1.02. The van der Waals surface area contributed by atoms with E-state index in [-0.39, 0.29) is 0 Å². The van der Waals surface area contributed by atoms with Crippen LogP contribution >= 0.6 is 0 Å². The van der Waals surface area contributed by atoms with Gasteiger partial charge in [-0.3, -0.25) is 0 Å². The van der Waals surface area contributed by atoms with Gasteiger partial charge in [-0.05, 0) is 24.4 Å². The van der Waals surface area contributed by atoms with Crippen LogP contribution in [0.3, 0.4) is 0 Å². The predicted octanol–water partition coefficient (Wildman–Crippen LogP) is 1.21. The number of nitrogens with one attached hydrogen (secondary N) is 1. The summed E-state index contributed by atoms with van der Waals surface area (Å²) in [5, 5.41) is 3.32. The quantitative estimate of drug-likeness (QED) is 0.859. The minimum Gasteiger partial charge on any atom is -0.312 e. The van der Waals surface area contributed by atoms with Crippen LogP contribution in [0.4, 0.5) is 0 Å². The fourth-order valence-corrected chi connectivity index (χ4v) is 3.91. The summed E-state index contributed by atoms with van der Waals surface area (Å²) >= 11 is 0. The van der Waals surface area contributed by atoms with Crippen molar-refractivity contribution in [1.29, 1.82) is 0 Å². The maximum absolute atomic E-state index is 11.2. The highest BCUT2D eigenvalue weighted by Crippen LogP contribution is 2.17. The Morgan fingerprint density at radius 1 is 1.25 bits per heavy atom. The Labute approximate surface area is 96.8 Å². The molecule has 1 aliphatic rings. The number of benzene rings is 1. The van der Waals surface area contributed by atoms with Gasteiger partial charge >= 0.3 is 0 Å². The molecule has 88 valence electrons. The minimum atomic E-state index is -2.73. The molecule has 3 nitrogen and oxygen atoms in total. The molecule has 0 unspecified atom stereocenters. The summed E-state index contributed by atoms with van der Waals surface area (Å²) in [6.45, 7) is 1.62. The van der Waals surface area contributed by atoms with Crippen LogP contribution in [0, 0.1) is 5.92 Å². The highest BCUT2D eigenvalue weighted by Gasteiger charge is 2.27. The second-order valence-corrected chi connectivity index (χ2v) is 6.61. The van der Waals surface area contributed by atoms with E-state index < -0.39 is 9.84 Å². The summed E-state index contributed by atoms with van der Waals surface area (Å²) in [6.07, 6.45) is 0.810. The smallest absolute Gasteiger partial charge is 0.150 e. The molecule has 16 heavy (non-hydrogen) atoms. The second kappa shape index (κ2) is 4.97. The van der Waals surface area contributed by atoms with Crippen molar-refractivity contribution in [3.8, 4) is 0 Å². The molecule has 2 rings (SSSR count). The van der Waals surface area contributed by atoms with Gasteiger partial charge in [0.2, 0.25) is 0 Å². The van der Waals surface area contributed by atoms with Crippen LogP contribution in [0.1, 0.15) is 12.0 Å². The molecular weight excluding hydrogens is 222 g/mol. The van der Waals surface area contributed by atoms with Crippen LogP contribution in [0.2, 0.25) is 0 Å². The van der Waals surface area contributed by atoms with Gasteiger partial charge in [-0.15, -0.1) is 0 Å². The lowest BCUT2D eigenvalue weighted by atomic mass is 10.1. The lowest BCUT2D eigenvalue weighted by Gasteiger charge is -2.09. The highest BCUT2D eigenvalue weighted by molar-refractivity contribution is 7.91. The van der Waals surface area contributed by atoms with Crippen LogP contribution in [0.5, 0.6) is 0 Å². The van der Waals surface area contributed by atoms with Crippen molar-refractivity contribution in [1.82, 2.24) is 5.32 Å². The third-order valence-electron chi connectivity index (χ3n) is 2.93. The Balaban J connectivity index is 1.74. The molecule has 1 heterocycles. The molecule has 0 spiro atoms. The van der Waals surface area contributed by atoms with Crippen LogP contribution in [0.25, 0.3) is 0 Å². The molecule has 1 aromatic rings. The standard InChI is InChI=1S/C12H17NO2S/c14-16(15)7-6-12(10-16)9-13-8-11-4-2-1-3-5-11/h1-5,12-13H,6-10H2/t12-/m0/s1. The highest BCUT2D eigenvalue weighted by atomic mass is 32.2. The van der Waals surface area contributed by atoms with E-state index in [4.69, 9.17) is 0 Å². The maximum atomic E-state index is 11.2. The maximum Gasteiger partial charge on any atom is 0.150 e. The van der Waals surface area contributed by atoms with Crippen molar-refractivity contribution < 1.29 is 8.42 Å². The van der Waals surface area contributed by atoms with E-state index in [1.165, 1.54) is 5.56 Å². The Morgan fingerprint density at radius 2 is 2.00 bits per heavy atom. The molecule has 0 saturated carbocycles. The molecular formula is C12H17NO2S. The van der Waals surface area contributed by atoms with Crippen LogP contribution in [0.15, 0.2) is 30.3 Å². The summed E-state index contributed by atoms with van der Waals surface area (Å²) in [4.78, 5) is 0. The third kappa shape index (κ3) is 3.32. The number of hydrogen-bond donors (Lipinski definition) is 1. The van der Waals surface area contributed by atoms with E-state index in [1.807, 2.05) is 18.2 Å². The SMILES string of the molecule is O=S1(=O)CC[C@@H](CNCc2ccccc2)C1. The summed E-state index contributed by atoms with van der Waals surface area (Å²) in [5.41, 5.74) is 1.24. The first-order valence-electron chi connectivity index (χ1n) is 5.61. The van der Waals surface area contributed by atoms with Crippen molar-refractivity contribution in [3.05, 3.63) is 35.9 Å². The topological polar surface area (TPSA) is 46.2 Å². The lowest BCUT2D eigenvalue weighted by molar-refractivity contribution is 0.521. The van der Waals surface area contributed by atoms with Crippen molar-refractivity contribution in [2.45, 2.75) is 13.0 Å². The third-order valence-corrected chi connectivity index (χ3v) is 4.77. The molecule has 1 aromatic carbocycles. The zero-order valence-electron chi connectivity index (χ0n) is 9.22. The first kappa shape index (κ1) is 11.6. The molecule has 1 N–H and O–H groups in total. The Bertz CT molecular complexity index is 428. The average Bonchev–Trinajstić information content (AvgIpc) is 2.60. The first-order chi connectivity index (χ1) is 7.66. The van der Waals surface area contributed by atoms with Gasteiger partial charge in [-0.2, -0.15) is 0 Å². The number of rotatable bonds is 4. The molecule has 4 heteroatoms. The predicted molar refractivity (Wildman–Crippen MR) is 64.9 cm³/mol. The van der Waals surface area contributed by atoms with Crippen LogP contribution in [-0.2, 0) is 16.4 Å². The Hall–Kier alpha value is -0.870. The fraction of sp³-hybridized carbons (Fsp3) is 0.500. The van der Waals surface area contributed by atoms with E-state index in [9.17, 15) is 8.42 Å². The molecule has 0 aromatic heterocycles. The lowest BCUT2D eigenvalue weighted by Crippen LogP contribution is -2.23. The van der Waals surface area contributed by atoms with Gasteiger partial charge in [0, 0.05) is 6.54 Å². The summed E-state index contributed by atoms with van der Waals surface area (Å²) in [7, 11) is -2.73. The van der Waals surface area contributed by atoms with Gasteiger partial charge in [-0.25, -0.2) is 8.42 Å². The largest absolute Gasteiger partial charge is 0.312 e. The molecule has 1 atom stereocenters. The van der Waals surface area contributed by atoms with Crippen LogP contribution < -0.4 is 5.32 Å². The minimum absolute atomic E-state index is 0.300. The molecule has 0 amide bonds. The van der Waals surface area contributed by atoms with Crippen molar-refractivity contribution in [2.75, 3.05) is 18.1 Å². The Kier molecular flexibility index (Phi) is 3.61. The summed E-state index contributed by atoms with van der Waals surface area (Å²) in [6, 6.07) is 10.2. The molecule has 1 aliphatic heterocycles. The zero-order valence-corrected chi connectivity index (χ0v) is 10.0. The average molecular weight is 239 g/mol. The number of sulfone groups is 1. The van der Waals surface area contributed by atoms with Crippen LogP contribution in [-0.4, -0.2) is 26.5 Å². The zero-order chi connectivity index (χ0) is 11.4. The van der Waals surface area contributed by atoms with Gasteiger partial charge in [0.1, 0.15) is 0 Å². The van der Waals surface area contributed by atoms with E-state index >= 15 is 0 Å². The number of hydrogen-bond acceptors (Lipinski definition) is 3. The van der Waals surface area contributed by atoms with Gasteiger partial charge in [0.05, 0.1) is 11.5 Å². The van der Waals surface area contributed by atoms with Gasteiger partial charge < -0.3 is 5.32 Å². The Morgan fingerprint density at radius 3 is 2.62 bits per heavy atom. The molecule has 0 aliphatic carbocycles. The first-order valence-corrected chi connectivity index (χ1v) is 7.43. The van der Waals surface area contributed by atoms with Gasteiger partial charge in [-0.1, -0.05) is 30.3 Å². The molecule has 0 bridgehead atoms. The van der Waals surface area contributed by atoms with E-state index in [1.54, 1.807) is 0 Å². The fourth-order valence-electron chi connectivity index (χ4n) is 2.05. The second-order valence-electron chi connectivity index (χ2n) is 4.39. The van der Waals surface area contributed by atoms with Gasteiger partial charge in [0.25, 0.3) is 0 Å². The molecule has 1 fully saturated rings. The monoisotopic (exact) mass is 239 g/mol. The normalized spacial score (nSPS) is 23.4. The summed E-state index contributed by atoms with van der Waals surface area (Å²) < 4.78 is 22.5. The van der Waals surface area contributed by atoms with Gasteiger partial charge in [0.15, 0.2) is 9.84 Å². The molecule has 1 saturated heterocycles.